The summed E-state index contributed by atoms with van der Waals surface area (Å²) >= 11 is 0. The molecule has 0 aliphatic carbocycles. The topological polar surface area (TPSA) is 102 Å². The fraction of sp³-hybridized carbons (Fsp3) is 0.500. The van der Waals surface area contributed by atoms with Crippen LogP contribution in [0.25, 0.3) is 0 Å². The van der Waals surface area contributed by atoms with Crippen LogP contribution < -0.4 is 5.32 Å². The number of benzene rings is 1. The largest absolute Gasteiger partial charge is 0.508 e. The van der Waals surface area contributed by atoms with Crippen LogP contribution in [0.4, 0.5) is 0 Å². The molecular weight excluding hydrogens is 326 g/mol. The number of carbonyl (C=O) groups excluding carboxylic acids is 3. The standard InChI is InChI=1S/C18H25NO6/c1-6-24-16(22)18(19-13(5)20,17(23)25-7-2)10-14-8-9-15(21)12(4)11(14)3/h8-9,21H,6-7,10H2,1-5H3,(H,19,20). The van der Waals surface area contributed by atoms with E-state index in [2.05, 4.69) is 5.32 Å². The number of phenols is 1. The smallest absolute Gasteiger partial charge is 0.344 e. The number of hydrogen-bond donors (Lipinski definition) is 2. The summed E-state index contributed by atoms with van der Waals surface area (Å²) in [4.78, 5) is 36.9. The van der Waals surface area contributed by atoms with Gasteiger partial charge >= 0.3 is 11.9 Å². The lowest BCUT2D eigenvalue weighted by atomic mass is 9.87. The molecule has 0 spiro atoms. The molecule has 0 radical (unpaired) electrons. The fourth-order valence-electron chi connectivity index (χ4n) is 2.52. The van der Waals surface area contributed by atoms with E-state index in [1.165, 1.54) is 13.0 Å². The zero-order valence-electron chi connectivity index (χ0n) is 15.3. The van der Waals surface area contributed by atoms with E-state index >= 15 is 0 Å². The van der Waals surface area contributed by atoms with Gasteiger partial charge in [-0.25, -0.2) is 9.59 Å². The molecule has 7 nitrogen and oxygen atoms in total. The summed E-state index contributed by atoms with van der Waals surface area (Å²) < 4.78 is 10.1. The predicted molar refractivity (Wildman–Crippen MR) is 91.1 cm³/mol. The zero-order chi connectivity index (χ0) is 19.2. The van der Waals surface area contributed by atoms with Gasteiger partial charge in [0.25, 0.3) is 0 Å². The molecular formula is C18H25NO6. The summed E-state index contributed by atoms with van der Waals surface area (Å²) in [5.41, 5.74) is -0.0260. The highest BCUT2D eigenvalue weighted by Gasteiger charge is 2.50. The quantitative estimate of drug-likeness (QED) is 0.571. The van der Waals surface area contributed by atoms with Crippen LogP contribution in [0, 0.1) is 13.8 Å². The van der Waals surface area contributed by atoms with Crippen LogP contribution in [-0.2, 0) is 30.3 Å². The number of esters is 2. The molecule has 25 heavy (non-hydrogen) atoms. The van der Waals surface area contributed by atoms with Crippen molar-refractivity contribution in [3.8, 4) is 5.75 Å². The molecule has 0 heterocycles. The van der Waals surface area contributed by atoms with Crippen LogP contribution in [0.15, 0.2) is 12.1 Å². The summed E-state index contributed by atoms with van der Waals surface area (Å²) in [5.74, 6) is -2.21. The number of rotatable bonds is 7. The monoisotopic (exact) mass is 351 g/mol. The third kappa shape index (κ3) is 4.49. The first-order chi connectivity index (χ1) is 11.7. The van der Waals surface area contributed by atoms with Crippen molar-refractivity contribution in [2.75, 3.05) is 13.2 Å². The summed E-state index contributed by atoms with van der Waals surface area (Å²) in [6, 6.07) is 3.08. The van der Waals surface area contributed by atoms with E-state index in [9.17, 15) is 19.5 Å². The molecule has 0 atom stereocenters. The number of phenolic OH excluding ortho intramolecular Hbond substituents is 1. The minimum absolute atomic E-state index is 0.0488. The number of aromatic hydroxyl groups is 1. The first kappa shape index (κ1) is 20.5. The first-order valence-corrected chi connectivity index (χ1v) is 8.10. The van der Waals surface area contributed by atoms with Crippen molar-refractivity contribution in [1.29, 1.82) is 0 Å². The van der Waals surface area contributed by atoms with Crippen molar-refractivity contribution in [1.82, 2.24) is 5.32 Å². The lowest BCUT2D eigenvalue weighted by molar-refractivity contribution is -0.168. The summed E-state index contributed by atoms with van der Waals surface area (Å²) in [5, 5.41) is 12.2. The third-order valence-corrected chi connectivity index (χ3v) is 3.96. The molecule has 138 valence electrons. The van der Waals surface area contributed by atoms with Gasteiger partial charge in [-0.1, -0.05) is 6.07 Å². The highest BCUT2D eigenvalue weighted by Crippen LogP contribution is 2.27. The first-order valence-electron chi connectivity index (χ1n) is 8.10. The maximum Gasteiger partial charge on any atom is 0.344 e. The van der Waals surface area contributed by atoms with Crippen LogP contribution in [0.3, 0.4) is 0 Å². The Morgan fingerprint density at radius 1 is 1.04 bits per heavy atom. The molecule has 1 aromatic carbocycles. The van der Waals surface area contributed by atoms with E-state index < -0.39 is 23.4 Å². The molecule has 2 N–H and O–H groups in total. The van der Waals surface area contributed by atoms with Crippen molar-refractivity contribution in [3.63, 3.8) is 0 Å². The molecule has 0 saturated heterocycles. The van der Waals surface area contributed by atoms with E-state index in [0.29, 0.717) is 16.7 Å². The maximum absolute atomic E-state index is 12.6. The van der Waals surface area contributed by atoms with Crippen molar-refractivity contribution >= 4 is 17.8 Å². The lowest BCUT2D eigenvalue weighted by Crippen LogP contribution is -2.62. The minimum atomic E-state index is -1.98. The van der Waals surface area contributed by atoms with Gasteiger partial charge in [-0.05, 0) is 50.5 Å². The van der Waals surface area contributed by atoms with Gasteiger partial charge in [0.05, 0.1) is 13.2 Å². The van der Waals surface area contributed by atoms with Gasteiger partial charge in [0.2, 0.25) is 11.4 Å². The van der Waals surface area contributed by atoms with Crippen molar-refractivity contribution in [2.45, 2.75) is 46.6 Å². The average molecular weight is 351 g/mol. The Bertz CT molecular complexity index is 650. The zero-order valence-corrected chi connectivity index (χ0v) is 15.3. The number of ether oxygens (including phenoxy) is 2. The second kappa shape index (κ2) is 8.50. The van der Waals surface area contributed by atoms with Crippen molar-refractivity contribution < 1.29 is 29.0 Å². The molecule has 7 heteroatoms. The highest BCUT2D eigenvalue weighted by atomic mass is 16.6. The van der Waals surface area contributed by atoms with Crippen LogP contribution in [-0.4, -0.2) is 41.7 Å². The number of carbonyl (C=O) groups is 3. The molecule has 1 rings (SSSR count). The minimum Gasteiger partial charge on any atom is -0.508 e. The van der Waals surface area contributed by atoms with Gasteiger partial charge in [-0.15, -0.1) is 0 Å². The molecule has 0 aliphatic rings. The van der Waals surface area contributed by atoms with Gasteiger partial charge in [0.1, 0.15) is 5.75 Å². The van der Waals surface area contributed by atoms with Crippen molar-refractivity contribution in [2.24, 2.45) is 0 Å². The molecule has 0 aromatic heterocycles. The normalized spacial score (nSPS) is 10.9. The molecule has 1 aromatic rings. The van der Waals surface area contributed by atoms with Crippen LogP contribution >= 0.6 is 0 Å². The Labute approximate surface area is 147 Å². The molecule has 0 aliphatic heterocycles. The molecule has 0 unspecified atom stereocenters. The van der Waals surface area contributed by atoms with Crippen LogP contribution in [0.1, 0.15) is 37.5 Å². The Kier molecular flexibility index (Phi) is 6.97. The van der Waals surface area contributed by atoms with Gasteiger partial charge < -0.3 is 19.9 Å². The van der Waals surface area contributed by atoms with E-state index in [4.69, 9.17) is 9.47 Å². The average Bonchev–Trinajstić information content (AvgIpc) is 2.54. The fourth-order valence-corrected chi connectivity index (χ4v) is 2.52. The van der Waals surface area contributed by atoms with Gasteiger partial charge in [0.15, 0.2) is 0 Å². The summed E-state index contributed by atoms with van der Waals surface area (Å²) in [7, 11) is 0. The SMILES string of the molecule is CCOC(=O)C(Cc1ccc(O)c(C)c1C)(NC(C)=O)C(=O)OCC. The van der Waals surface area contributed by atoms with Gasteiger partial charge in [0, 0.05) is 13.3 Å². The van der Waals surface area contributed by atoms with Gasteiger partial charge in [-0.2, -0.15) is 0 Å². The maximum atomic E-state index is 12.6. The number of hydrogen-bond acceptors (Lipinski definition) is 6. The van der Waals surface area contributed by atoms with Crippen LogP contribution in [0.5, 0.6) is 5.75 Å². The number of nitrogens with one attached hydrogen (secondary N) is 1. The van der Waals surface area contributed by atoms with Gasteiger partial charge in [-0.3, -0.25) is 4.79 Å². The number of amides is 1. The lowest BCUT2D eigenvalue weighted by Gasteiger charge is -2.30. The van der Waals surface area contributed by atoms with E-state index in [1.807, 2.05) is 0 Å². The Morgan fingerprint density at radius 3 is 2.00 bits per heavy atom. The molecule has 1 amide bonds. The third-order valence-electron chi connectivity index (χ3n) is 3.96. The summed E-state index contributed by atoms with van der Waals surface area (Å²) in [6.07, 6.45) is -0.142. The second-order valence-corrected chi connectivity index (χ2v) is 5.70. The Morgan fingerprint density at radius 2 is 1.56 bits per heavy atom. The van der Waals surface area contributed by atoms with E-state index in [0.717, 1.165) is 0 Å². The molecule has 0 saturated carbocycles. The highest BCUT2D eigenvalue weighted by molar-refractivity contribution is 6.08. The Balaban J connectivity index is 3.47. The Hall–Kier alpha value is -2.57. The van der Waals surface area contributed by atoms with Crippen LogP contribution in [0.2, 0.25) is 0 Å². The van der Waals surface area contributed by atoms with E-state index in [1.54, 1.807) is 33.8 Å². The second-order valence-electron chi connectivity index (χ2n) is 5.70. The van der Waals surface area contributed by atoms with Crippen molar-refractivity contribution in [3.05, 3.63) is 28.8 Å². The molecule has 0 bridgehead atoms. The predicted octanol–water partition coefficient (Wildman–Crippen LogP) is 1.55. The summed E-state index contributed by atoms with van der Waals surface area (Å²) in [6.45, 7) is 8.01. The van der Waals surface area contributed by atoms with E-state index in [-0.39, 0.29) is 25.4 Å². The molecule has 0 fully saturated rings.